The predicted octanol–water partition coefficient (Wildman–Crippen LogP) is 1.36. The van der Waals surface area contributed by atoms with Crippen LogP contribution in [-0.2, 0) is 21.3 Å². The van der Waals surface area contributed by atoms with E-state index in [-0.39, 0.29) is 0 Å². The van der Waals surface area contributed by atoms with Gasteiger partial charge in [-0.1, -0.05) is 0 Å². The fraction of sp³-hybridized carbons (Fsp3) is 0.667. The molecule has 1 aromatic heterocycles. The van der Waals surface area contributed by atoms with Crippen molar-refractivity contribution in [2.24, 2.45) is 5.73 Å². The zero-order valence-corrected chi connectivity index (χ0v) is 12.9. The highest BCUT2D eigenvalue weighted by molar-refractivity contribution is 7.91. The molecule has 1 unspecified atom stereocenters. The number of nitrogens with two attached hydrogens (primary N) is 1. The molecule has 108 valence electrons. The summed E-state index contributed by atoms with van der Waals surface area (Å²) in [4.78, 5) is 0.908. The average Bonchev–Trinajstić information content (AvgIpc) is 2.71. The van der Waals surface area contributed by atoms with Crippen molar-refractivity contribution >= 4 is 21.4 Å². The summed E-state index contributed by atoms with van der Waals surface area (Å²) < 4.78 is 33.3. The third-order valence-corrected chi connectivity index (χ3v) is 6.64. The van der Waals surface area contributed by atoms with Gasteiger partial charge in [0, 0.05) is 18.0 Å². The van der Waals surface area contributed by atoms with Crippen molar-refractivity contribution in [2.45, 2.75) is 43.0 Å². The molecule has 1 fully saturated rings. The van der Waals surface area contributed by atoms with Gasteiger partial charge in [-0.3, -0.25) is 0 Å². The van der Waals surface area contributed by atoms with E-state index in [9.17, 15) is 8.42 Å². The third kappa shape index (κ3) is 3.35. The first-order chi connectivity index (χ1) is 8.86. The number of sulfonamides is 1. The van der Waals surface area contributed by atoms with E-state index in [0.717, 1.165) is 23.3 Å². The highest BCUT2D eigenvalue weighted by Gasteiger charge is 2.33. The second kappa shape index (κ2) is 5.49. The van der Waals surface area contributed by atoms with E-state index in [2.05, 4.69) is 4.72 Å². The van der Waals surface area contributed by atoms with Gasteiger partial charge < -0.3 is 10.5 Å². The Morgan fingerprint density at radius 1 is 1.58 bits per heavy atom. The van der Waals surface area contributed by atoms with Crippen molar-refractivity contribution in [3.63, 3.8) is 0 Å². The molecule has 1 aliphatic heterocycles. The lowest BCUT2D eigenvalue weighted by atomic mass is 9.97. The number of hydrogen-bond donors (Lipinski definition) is 2. The molecule has 0 spiro atoms. The van der Waals surface area contributed by atoms with Crippen LogP contribution in [0.15, 0.2) is 10.3 Å². The Bertz CT molecular complexity index is 545. The van der Waals surface area contributed by atoms with Gasteiger partial charge in [-0.05, 0) is 38.3 Å². The topological polar surface area (TPSA) is 81.4 Å². The second-order valence-electron chi connectivity index (χ2n) is 5.20. The first kappa shape index (κ1) is 14.9. The number of hydrogen-bond acceptors (Lipinski definition) is 5. The fourth-order valence-electron chi connectivity index (χ4n) is 2.21. The van der Waals surface area contributed by atoms with E-state index in [1.165, 1.54) is 11.3 Å². The van der Waals surface area contributed by atoms with Gasteiger partial charge in [0.15, 0.2) is 0 Å². The smallest absolute Gasteiger partial charge is 0.250 e. The van der Waals surface area contributed by atoms with E-state index in [1.54, 1.807) is 6.07 Å². The molecule has 0 amide bonds. The summed E-state index contributed by atoms with van der Waals surface area (Å²) in [5.74, 6) is 0. The van der Waals surface area contributed by atoms with Crippen LogP contribution in [0.3, 0.4) is 0 Å². The van der Waals surface area contributed by atoms with E-state index < -0.39 is 15.6 Å². The van der Waals surface area contributed by atoms with Gasteiger partial charge in [0.05, 0.1) is 12.1 Å². The van der Waals surface area contributed by atoms with Gasteiger partial charge in [-0.25, -0.2) is 13.1 Å². The molecule has 1 aliphatic rings. The highest BCUT2D eigenvalue weighted by Crippen LogP contribution is 2.28. The summed E-state index contributed by atoms with van der Waals surface area (Å²) >= 11 is 1.24. The summed E-state index contributed by atoms with van der Waals surface area (Å²) in [5, 5.41) is 0. The lowest BCUT2D eigenvalue weighted by molar-refractivity contribution is 0.0387. The van der Waals surface area contributed by atoms with Gasteiger partial charge in [0.2, 0.25) is 0 Å². The van der Waals surface area contributed by atoms with Gasteiger partial charge >= 0.3 is 0 Å². The van der Waals surface area contributed by atoms with E-state index in [0.29, 0.717) is 24.0 Å². The molecule has 1 aromatic rings. The van der Waals surface area contributed by atoms with Crippen LogP contribution < -0.4 is 10.5 Å². The molecule has 5 nitrogen and oxygen atoms in total. The maximum atomic E-state index is 12.4. The first-order valence-electron chi connectivity index (χ1n) is 6.27. The van der Waals surface area contributed by atoms with Crippen LogP contribution in [0.1, 0.15) is 30.2 Å². The molecule has 2 rings (SSSR count). The predicted molar refractivity (Wildman–Crippen MR) is 75.7 cm³/mol. The van der Waals surface area contributed by atoms with Crippen molar-refractivity contribution in [3.8, 4) is 0 Å². The minimum Gasteiger partial charge on any atom is -0.380 e. The Labute approximate surface area is 118 Å². The molecule has 19 heavy (non-hydrogen) atoms. The first-order valence-corrected chi connectivity index (χ1v) is 8.57. The van der Waals surface area contributed by atoms with Gasteiger partial charge in [-0.15, -0.1) is 11.3 Å². The molecule has 2 heterocycles. The normalized spacial score (nSPS) is 24.6. The molecular weight excluding hydrogens is 284 g/mol. The molecule has 1 atom stereocenters. The highest BCUT2D eigenvalue weighted by atomic mass is 32.2. The molecule has 1 saturated heterocycles. The number of nitrogens with one attached hydrogen (secondary N) is 1. The van der Waals surface area contributed by atoms with Crippen molar-refractivity contribution in [3.05, 3.63) is 16.5 Å². The number of thiophene rings is 1. The summed E-state index contributed by atoms with van der Waals surface area (Å²) in [5.41, 5.74) is 6.01. The Kier molecular flexibility index (Phi) is 4.32. The number of rotatable bonds is 4. The number of aryl methyl sites for hydroxylation is 1. The molecule has 0 aliphatic carbocycles. The van der Waals surface area contributed by atoms with E-state index in [4.69, 9.17) is 10.5 Å². The van der Waals surface area contributed by atoms with Crippen molar-refractivity contribution in [1.82, 2.24) is 4.72 Å². The maximum absolute atomic E-state index is 12.4. The Morgan fingerprint density at radius 3 is 2.84 bits per heavy atom. The third-order valence-electron chi connectivity index (χ3n) is 3.27. The molecule has 0 bridgehead atoms. The molecular formula is C12H20N2O3S2. The maximum Gasteiger partial charge on any atom is 0.250 e. The zero-order chi connectivity index (χ0) is 14.1. The summed E-state index contributed by atoms with van der Waals surface area (Å²) in [6.07, 6.45) is 1.66. The second-order valence-corrected chi connectivity index (χ2v) is 8.24. The Hall–Kier alpha value is -0.470. The van der Waals surface area contributed by atoms with Crippen LogP contribution >= 0.6 is 11.3 Å². The Balaban J connectivity index is 2.21. The number of ether oxygens (including phenoxy) is 1. The van der Waals surface area contributed by atoms with Gasteiger partial charge in [0.25, 0.3) is 10.0 Å². The quantitative estimate of drug-likeness (QED) is 0.880. The minimum atomic E-state index is -3.50. The van der Waals surface area contributed by atoms with Crippen molar-refractivity contribution in [1.29, 1.82) is 0 Å². The molecule has 0 aromatic carbocycles. The van der Waals surface area contributed by atoms with Crippen molar-refractivity contribution in [2.75, 3.05) is 13.2 Å². The van der Waals surface area contributed by atoms with Crippen LogP contribution in [-0.4, -0.2) is 27.2 Å². The van der Waals surface area contributed by atoms with Gasteiger partial charge in [0.1, 0.15) is 4.21 Å². The minimum absolute atomic E-state index is 0.331. The van der Waals surface area contributed by atoms with E-state index >= 15 is 0 Å². The van der Waals surface area contributed by atoms with Crippen LogP contribution in [0.25, 0.3) is 0 Å². The fourth-order valence-corrected chi connectivity index (χ4v) is 5.10. The summed E-state index contributed by atoms with van der Waals surface area (Å²) in [6, 6.07) is 1.68. The molecule has 7 heteroatoms. The standard InChI is InChI=1S/C12H20N2O3S2/c1-9-6-11(18-10(9)7-13)19(15,16)14-12(2)4-3-5-17-8-12/h6,14H,3-5,7-8,13H2,1-2H3. The molecule has 3 N–H and O–H groups in total. The molecule has 0 saturated carbocycles. The van der Waals surface area contributed by atoms with Crippen LogP contribution in [0, 0.1) is 6.92 Å². The summed E-state index contributed by atoms with van der Waals surface area (Å²) in [7, 11) is -3.50. The molecule has 0 radical (unpaired) electrons. The van der Waals surface area contributed by atoms with E-state index in [1.807, 2.05) is 13.8 Å². The monoisotopic (exact) mass is 304 g/mol. The average molecular weight is 304 g/mol. The van der Waals surface area contributed by atoms with Crippen LogP contribution in [0.4, 0.5) is 0 Å². The van der Waals surface area contributed by atoms with Crippen LogP contribution in [0.2, 0.25) is 0 Å². The lowest BCUT2D eigenvalue weighted by Gasteiger charge is -2.33. The van der Waals surface area contributed by atoms with Gasteiger partial charge in [-0.2, -0.15) is 0 Å². The largest absolute Gasteiger partial charge is 0.380 e. The lowest BCUT2D eigenvalue weighted by Crippen LogP contribution is -2.51. The Morgan fingerprint density at radius 2 is 2.32 bits per heavy atom. The van der Waals surface area contributed by atoms with Crippen LogP contribution in [0.5, 0.6) is 0 Å². The summed E-state index contributed by atoms with van der Waals surface area (Å²) in [6.45, 7) is 5.25. The van der Waals surface area contributed by atoms with Crippen molar-refractivity contribution < 1.29 is 13.2 Å². The SMILES string of the molecule is Cc1cc(S(=O)(=O)NC2(C)CCCOC2)sc1CN. The zero-order valence-electron chi connectivity index (χ0n) is 11.2.